The van der Waals surface area contributed by atoms with Crippen LogP contribution in [0.25, 0.3) is 5.69 Å². The number of tetrazole rings is 1. The first-order valence-corrected chi connectivity index (χ1v) is 9.44. The van der Waals surface area contributed by atoms with Crippen molar-refractivity contribution in [2.24, 2.45) is 0 Å². The van der Waals surface area contributed by atoms with E-state index >= 15 is 0 Å². The smallest absolute Gasteiger partial charge is 0.261 e. The molecule has 1 heterocycles. The van der Waals surface area contributed by atoms with Gasteiger partial charge in [0, 0.05) is 5.69 Å². The molecule has 0 radical (unpaired) electrons. The van der Waals surface area contributed by atoms with Crippen molar-refractivity contribution >= 4 is 15.7 Å². The molecule has 0 aliphatic carbocycles. The zero-order valence-corrected chi connectivity index (χ0v) is 14.8. The number of nitrogens with zero attached hydrogens (tertiary/aromatic N) is 4. The van der Waals surface area contributed by atoms with Crippen molar-refractivity contribution in [1.82, 2.24) is 20.2 Å². The normalized spacial score (nSPS) is 12.7. The van der Waals surface area contributed by atoms with Crippen LogP contribution < -0.4 is 4.72 Å². The second-order valence-electron chi connectivity index (χ2n) is 5.79. The van der Waals surface area contributed by atoms with Crippen molar-refractivity contribution in [2.75, 3.05) is 4.72 Å². The van der Waals surface area contributed by atoms with E-state index in [0.717, 1.165) is 17.7 Å². The molecule has 2 aromatic carbocycles. The van der Waals surface area contributed by atoms with E-state index in [1.807, 2.05) is 12.1 Å². The standard InChI is InChI=1S/C17H19N5O2S/c1-3-13(2)14-4-10-17(11-5-14)25(23,24)19-15-6-8-16(9-7-15)22-12-18-20-21-22/h4-13,19H,3H2,1-2H3/t13-/m0/s1. The molecular formula is C17H19N5O2S. The Bertz CT molecular complexity index is 920. The molecule has 0 amide bonds. The fraction of sp³-hybridized carbons (Fsp3) is 0.235. The molecule has 130 valence electrons. The quantitative estimate of drug-likeness (QED) is 0.732. The topological polar surface area (TPSA) is 89.8 Å². The van der Waals surface area contributed by atoms with Crippen LogP contribution in [0.1, 0.15) is 31.7 Å². The second kappa shape index (κ2) is 7.02. The van der Waals surface area contributed by atoms with Gasteiger partial charge >= 0.3 is 0 Å². The van der Waals surface area contributed by atoms with E-state index < -0.39 is 10.0 Å². The number of hydrogen-bond donors (Lipinski definition) is 1. The summed E-state index contributed by atoms with van der Waals surface area (Å²) in [5.74, 6) is 0.406. The largest absolute Gasteiger partial charge is 0.280 e. The molecule has 1 aromatic heterocycles. The molecule has 8 heteroatoms. The van der Waals surface area contributed by atoms with Gasteiger partial charge in [0.1, 0.15) is 6.33 Å². The summed E-state index contributed by atoms with van der Waals surface area (Å²) in [6.07, 6.45) is 2.48. The third-order valence-electron chi connectivity index (χ3n) is 4.10. The highest BCUT2D eigenvalue weighted by molar-refractivity contribution is 7.92. The average Bonchev–Trinajstić information content (AvgIpc) is 3.16. The molecule has 3 aromatic rings. The van der Waals surface area contributed by atoms with Crippen molar-refractivity contribution in [3.63, 3.8) is 0 Å². The summed E-state index contributed by atoms with van der Waals surface area (Å²) >= 11 is 0. The van der Waals surface area contributed by atoms with E-state index in [4.69, 9.17) is 0 Å². The molecule has 1 atom stereocenters. The van der Waals surface area contributed by atoms with E-state index in [2.05, 4.69) is 34.1 Å². The number of sulfonamides is 1. The Morgan fingerprint density at radius 2 is 1.76 bits per heavy atom. The predicted octanol–water partition coefficient (Wildman–Crippen LogP) is 2.98. The van der Waals surface area contributed by atoms with E-state index in [0.29, 0.717) is 11.6 Å². The summed E-state index contributed by atoms with van der Waals surface area (Å²) < 4.78 is 29.1. The summed E-state index contributed by atoms with van der Waals surface area (Å²) in [6, 6.07) is 13.8. The summed E-state index contributed by atoms with van der Waals surface area (Å²) in [5.41, 5.74) is 2.35. The predicted molar refractivity (Wildman–Crippen MR) is 95.1 cm³/mol. The van der Waals surface area contributed by atoms with Crippen molar-refractivity contribution in [3.8, 4) is 5.69 Å². The van der Waals surface area contributed by atoms with Gasteiger partial charge in [0.2, 0.25) is 0 Å². The minimum absolute atomic E-state index is 0.240. The highest BCUT2D eigenvalue weighted by atomic mass is 32.2. The molecule has 0 unspecified atom stereocenters. The van der Waals surface area contributed by atoms with Gasteiger partial charge in [0.15, 0.2) is 0 Å². The highest BCUT2D eigenvalue weighted by Gasteiger charge is 2.15. The van der Waals surface area contributed by atoms with Gasteiger partial charge in [-0.05, 0) is 64.7 Å². The van der Waals surface area contributed by atoms with Crippen molar-refractivity contribution in [2.45, 2.75) is 31.1 Å². The van der Waals surface area contributed by atoms with E-state index in [-0.39, 0.29) is 4.90 Å². The van der Waals surface area contributed by atoms with Gasteiger partial charge in [0.25, 0.3) is 10.0 Å². The Morgan fingerprint density at radius 1 is 1.08 bits per heavy atom. The van der Waals surface area contributed by atoms with Gasteiger partial charge in [0.05, 0.1) is 10.6 Å². The van der Waals surface area contributed by atoms with Crippen LogP contribution in [0.15, 0.2) is 59.8 Å². The van der Waals surface area contributed by atoms with Gasteiger partial charge < -0.3 is 0 Å². The van der Waals surface area contributed by atoms with Gasteiger partial charge in [-0.1, -0.05) is 26.0 Å². The second-order valence-corrected chi connectivity index (χ2v) is 7.47. The monoisotopic (exact) mass is 357 g/mol. The lowest BCUT2D eigenvalue weighted by atomic mass is 9.99. The Hall–Kier alpha value is -2.74. The van der Waals surface area contributed by atoms with E-state index in [1.165, 1.54) is 11.0 Å². The van der Waals surface area contributed by atoms with Crippen LogP contribution in [0, 0.1) is 0 Å². The number of anilines is 1. The first-order chi connectivity index (χ1) is 12.0. The molecule has 0 bridgehead atoms. The first-order valence-electron chi connectivity index (χ1n) is 7.96. The summed E-state index contributed by atoms with van der Waals surface area (Å²) in [5, 5.41) is 10.9. The molecule has 1 N–H and O–H groups in total. The number of aromatic nitrogens is 4. The minimum Gasteiger partial charge on any atom is -0.280 e. The van der Waals surface area contributed by atoms with Crippen LogP contribution in [-0.4, -0.2) is 28.6 Å². The maximum atomic E-state index is 12.5. The molecule has 0 fully saturated rings. The lowest BCUT2D eigenvalue weighted by molar-refractivity contribution is 0.601. The minimum atomic E-state index is -3.63. The van der Waals surface area contributed by atoms with Gasteiger partial charge in [-0.3, -0.25) is 4.72 Å². The Kier molecular flexibility index (Phi) is 4.80. The molecule has 25 heavy (non-hydrogen) atoms. The number of nitrogens with one attached hydrogen (secondary N) is 1. The molecular weight excluding hydrogens is 338 g/mol. The average molecular weight is 357 g/mol. The molecule has 0 aliphatic heterocycles. The number of benzene rings is 2. The van der Waals surface area contributed by atoms with Crippen LogP contribution in [0.2, 0.25) is 0 Å². The molecule has 0 saturated carbocycles. The lowest BCUT2D eigenvalue weighted by Crippen LogP contribution is -2.13. The molecule has 0 aliphatic rings. The number of hydrogen-bond acceptors (Lipinski definition) is 5. The van der Waals surface area contributed by atoms with Gasteiger partial charge in [-0.25, -0.2) is 13.1 Å². The fourth-order valence-electron chi connectivity index (χ4n) is 2.39. The molecule has 3 rings (SSSR count). The van der Waals surface area contributed by atoms with Gasteiger partial charge in [-0.2, -0.15) is 0 Å². The summed E-state index contributed by atoms with van der Waals surface area (Å²) in [4.78, 5) is 0.240. The number of rotatable bonds is 6. The third kappa shape index (κ3) is 3.85. The van der Waals surface area contributed by atoms with Crippen LogP contribution in [0.5, 0.6) is 0 Å². The Balaban J connectivity index is 1.77. The first kappa shape index (κ1) is 17.1. The van der Waals surface area contributed by atoms with Gasteiger partial charge in [-0.15, -0.1) is 5.10 Å². The highest BCUT2D eigenvalue weighted by Crippen LogP contribution is 2.22. The van der Waals surface area contributed by atoms with Crippen LogP contribution in [0.3, 0.4) is 0 Å². The maximum absolute atomic E-state index is 12.5. The van der Waals surface area contributed by atoms with E-state index in [1.54, 1.807) is 36.4 Å². The third-order valence-corrected chi connectivity index (χ3v) is 5.50. The Morgan fingerprint density at radius 3 is 2.32 bits per heavy atom. The van der Waals surface area contributed by atoms with Crippen molar-refractivity contribution in [3.05, 3.63) is 60.4 Å². The molecule has 0 saturated heterocycles. The SMILES string of the molecule is CC[C@H](C)c1ccc(S(=O)(=O)Nc2ccc(-n3cnnn3)cc2)cc1. The zero-order chi connectivity index (χ0) is 17.9. The van der Waals surface area contributed by atoms with Crippen molar-refractivity contribution in [1.29, 1.82) is 0 Å². The molecule has 7 nitrogen and oxygen atoms in total. The molecule has 0 spiro atoms. The zero-order valence-electron chi connectivity index (χ0n) is 14.0. The lowest BCUT2D eigenvalue weighted by Gasteiger charge is -2.11. The summed E-state index contributed by atoms with van der Waals surface area (Å²) in [7, 11) is -3.63. The fourth-order valence-corrected chi connectivity index (χ4v) is 3.45. The van der Waals surface area contributed by atoms with Crippen LogP contribution in [-0.2, 0) is 10.0 Å². The van der Waals surface area contributed by atoms with E-state index in [9.17, 15) is 8.42 Å². The Labute approximate surface area is 146 Å². The van der Waals surface area contributed by atoms with Crippen LogP contribution in [0.4, 0.5) is 5.69 Å². The van der Waals surface area contributed by atoms with Crippen molar-refractivity contribution < 1.29 is 8.42 Å². The summed E-state index contributed by atoms with van der Waals surface area (Å²) in [6.45, 7) is 4.23. The maximum Gasteiger partial charge on any atom is 0.261 e. The van der Waals surface area contributed by atoms with Crippen LogP contribution >= 0.6 is 0 Å².